The molecule has 1 atom stereocenters. The number of amidine groups is 1. The van der Waals surface area contributed by atoms with Gasteiger partial charge in [-0.15, -0.1) is 0 Å². The maximum atomic E-state index is 5.52. The van der Waals surface area contributed by atoms with Crippen molar-refractivity contribution in [2.45, 2.75) is 32.4 Å². The van der Waals surface area contributed by atoms with Gasteiger partial charge in [-0.05, 0) is 43.0 Å². The van der Waals surface area contributed by atoms with E-state index >= 15 is 0 Å². The number of hydrogen-bond acceptors (Lipinski definition) is 4. The fraction of sp³-hybridized carbons (Fsp3) is 0.316. The number of benzene rings is 2. The van der Waals surface area contributed by atoms with Crippen molar-refractivity contribution in [2.24, 2.45) is 10.7 Å². The van der Waals surface area contributed by atoms with Gasteiger partial charge in [-0.25, -0.2) is 4.99 Å². The Kier molecular flexibility index (Phi) is 4.81. The highest BCUT2D eigenvalue weighted by Gasteiger charge is 2.15. The van der Waals surface area contributed by atoms with Gasteiger partial charge >= 0.3 is 0 Å². The highest BCUT2D eigenvalue weighted by molar-refractivity contribution is 5.73. The monoisotopic (exact) mass is 309 g/mol. The second-order valence-corrected chi connectivity index (χ2v) is 6.01. The topological polar surface area (TPSA) is 59.6 Å². The molecule has 1 unspecified atom stereocenters. The molecule has 0 saturated carbocycles. The summed E-state index contributed by atoms with van der Waals surface area (Å²) in [5.74, 6) is 0. The number of nitrogens with one attached hydrogen (secondary N) is 1. The molecule has 0 amide bonds. The summed E-state index contributed by atoms with van der Waals surface area (Å²) in [6.07, 6.45) is 1.96. The first-order valence-electron chi connectivity index (χ1n) is 8.03. The van der Waals surface area contributed by atoms with Crippen LogP contribution in [-0.4, -0.2) is 18.7 Å². The van der Waals surface area contributed by atoms with Gasteiger partial charge in [-0.1, -0.05) is 42.0 Å². The maximum absolute atomic E-state index is 5.52. The zero-order valence-electron chi connectivity index (χ0n) is 13.5. The average molecular weight is 309 g/mol. The van der Waals surface area contributed by atoms with E-state index in [2.05, 4.69) is 65.8 Å². The lowest BCUT2D eigenvalue weighted by molar-refractivity contribution is 0.308. The SMILES string of the molecule is Cc1ccc(CNc2ccc(CCC3COC(N)=N3)cc2)cc1. The van der Waals surface area contributed by atoms with Crippen LogP contribution in [0.15, 0.2) is 53.5 Å². The summed E-state index contributed by atoms with van der Waals surface area (Å²) in [4.78, 5) is 4.25. The Morgan fingerprint density at radius 3 is 2.43 bits per heavy atom. The van der Waals surface area contributed by atoms with Gasteiger partial charge in [-0.3, -0.25) is 0 Å². The molecule has 0 aliphatic carbocycles. The molecule has 0 aromatic heterocycles. The van der Waals surface area contributed by atoms with Crippen LogP contribution in [-0.2, 0) is 17.7 Å². The summed E-state index contributed by atoms with van der Waals surface area (Å²) in [6.45, 7) is 3.56. The van der Waals surface area contributed by atoms with E-state index in [1.54, 1.807) is 0 Å². The van der Waals surface area contributed by atoms with E-state index in [0.29, 0.717) is 12.6 Å². The molecule has 4 heteroatoms. The van der Waals surface area contributed by atoms with E-state index in [9.17, 15) is 0 Å². The van der Waals surface area contributed by atoms with Crippen molar-refractivity contribution in [3.63, 3.8) is 0 Å². The van der Waals surface area contributed by atoms with E-state index in [-0.39, 0.29) is 6.04 Å². The number of aryl methyl sites for hydroxylation is 2. The first-order chi connectivity index (χ1) is 11.2. The predicted octanol–water partition coefficient (Wildman–Crippen LogP) is 3.25. The van der Waals surface area contributed by atoms with Gasteiger partial charge < -0.3 is 15.8 Å². The molecule has 0 radical (unpaired) electrons. The first kappa shape index (κ1) is 15.4. The second kappa shape index (κ2) is 7.18. The van der Waals surface area contributed by atoms with Gasteiger partial charge in [0.15, 0.2) is 0 Å². The lowest BCUT2D eigenvalue weighted by atomic mass is 10.1. The average Bonchev–Trinajstić information content (AvgIpc) is 2.99. The number of rotatable bonds is 6. The van der Waals surface area contributed by atoms with Crippen molar-refractivity contribution in [3.8, 4) is 0 Å². The van der Waals surface area contributed by atoms with Crippen molar-refractivity contribution in [1.82, 2.24) is 0 Å². The molecule has 0 spiro atoms. The van der Waals surface area contributed by atoms with Crippen LogP contribution >= 0.6 is 0 Å². The molecule has 1 aliphatic rings. The van der Waals surface area contributed by atoms with Crippen molar-refractivity contribution >= 4 is 11.7 Å². The first-order valence-corrected chi connectivity index (χ1v) is 8.03. The molecule has 23 heavy (non-hydrogen) atoms. The molecule has 2 aromatic carbocycles. The van der Waals surface area contributed by atoms with Crippen LogP contribution in [0.4, 0.5) is 5.69 Å². The van der Waals surface area contributed by atoms with Gasteiger partial charge in [0.25, 0.3) is 6.02 Å². The van der Waals surface area contributed by atoms with E-state index in [1.165, 1.54) is 16.7 Å². The van der Waals surface area contributed by atoms with Crippen LogP contribution in [0.2, 0.25) is 0 Å². The van der Waals surface area contributed by atoms with Crippen LogP contribution in [0.3, 0.4) is 0 Å². The Morgan fingerprint density at radius 2 is 1.78 bits per heavy atom. The largest absolute Gasteiger partial charge is 0.463 e. The molecule has 2 aromatic rings. The fourth-order valence-corrected chi connectivity index (χ4v) is 2.62. The third-order valence-corrected chi connectivity index (χ3v) is 4.07. The Morgan fingerprint density at radius 1 is 1.09 bits per heavy atom. The zero-order valence-corrected chi connectivity index (χ0v) is 13.5. The van der Waals surface area contributed by atoms with Gasteiger partial charge in [0, 0.05) is 12.2 Å². The van der Waals surface area contributed by atoms with Crippen LogP contribution < -0.4 is 11.1 Å². The predicted molar refractivity (Wildman–Crippen MR) is 94.6 cm³/mol. The third-order valence-electron chi connectivity index (χ3n) is 4.07. The minimum absolute atomic E-state index is 0.203. The number of nitrogens with zero attached hydrogens (tertiary/aromatic N) is 1. The maximum Gasteiger partial charge on any atom is 0.282 e. The molecule has 1 aliphatic heterocycles. The zero-order chi connectivity index (χ0) is 16.1. The summed E-state index contributed by atoms with van der Waals surface area (Å²) < 4.78 is 5.17. The number of hydrogen-bond donors (Lipinski definition) is 2. The van der Waals surface area contributed by atoms with E-state index in [4.69, 9.17) is 10.5 Å². The normalized spacial score (nSPS) is 16.7. The summed E-state index contributed by atoms with van der Waals surface area (Å²) in [7, 11) is 0. The minimum atomic E-state index is 0.203. The Labute approximate surface area is 137 Å². The summed E-state index contributed by atoms with van der Waals surface area (Å²) in [5.41, 5.74) is 10.6. The molecule has 0 bridgehead atoms. The van der Waals surface area contributed by atoms with Crippen molar-refractivity contribution in [2.75, 3.05) is 11.9 Å². The van der Waals surface area contributed by atoms with Gasteiger partial charge in [0.1, 0.15) is 6.61 Å². The third kappa shape index (κ3) is 4.49. The molecule has 1 heterocycles. The lowest BCUT2D eigenvalue weighted by Gasteiger charge is -2.09. The van der Waals surface area contributed by atoms with Gasteiger partial charge in [-0.2, -0.15) is 0 Å². The standard InChI is InChI=1S/C19H23N3O/c1-14-2-4-16(5-3-14)12-21-17-9-6-15(7-10-17)8-11-18-13-23-19(20)22-18/h2-7,9-10,18,21H,8,11-13H2,1H3,(H2,20,22). The minimum Gasteiger partial charge on any atom is -0.463 e. The smallest absolute Gasteiger partial charge is 0.282 e. The fourth-order valence-electron chi connectivity index (χ4n) is 2.62. The molecule has 4 nitrogen and oxygen atoms in total. The van der Waals surface area contributed by atoms with Crippen molar-refractivity contribution in [3.05, 3.63) is 65.2 Å². The highest BCUT2D eigenvalue weighted by Crippen LogP contribution is 2.15. The van der Waals surface area contributed by atoms with Crippen LogP contribution in [0.1, 0.15) is 23.1 Å². The lowest BCUT2D eigenvalue weighted by Crippen LogP contribution is -2.10. The van der Waals surface area contributed by atoms with E-state index < -0.39 is 0 Å². The summed E-state index contributed by atoms with van der Waals surface area (Å²) in [5, 5.41) is 3.45. The molecule has 0 fully saturated rings. The van der Waals surface area contributed by atoms with Gasteiger partial charge in [0.05, 0.1) is 6.04 Å². The van der Waals surface area contributed by atoms with Gasteiger partial charge in [0.2, 0.25) is 0 Å². The number of aliphatic imine (C=N–C) groups is 1. The van der Waals surface area contributed by atoms with Crippen LogP contribution in [0.5, 0.6) is 0 Å². The van der Waals surface area contributed by atoms with Crippen molar-refractivity contribution in [1.29, 1.82) is 0 Å². The van der Waals surface area contributed by atoms with Crippen LogP contribution in [0, 0.1) is 6.92 Å². The molecule has 3 rings (SSSR count). The number of nitrogens with two attached hydrogens (primary N) is 1. The quantitative estimate of drug-likeness (QED) is 0.861. The highest BCUT2D eigenvalue weighted by atomic mass is 16.5. The molecule has 3 N–H and O–H groups in total. The Hall–Kier alpha value is -2.49. The second-order valence-electron chi connectivity index (χ2n) is 6.01. The molecular formula is C19H23N3O. The van der Waals surface area contributed by atoms with E-state index in [0.717, 1.165) is 25.1 Å². The Balaban J connectivity index is 1.48. The molecular weight excluding hydrogens is 286 g/mol. The Bertz CT molecular complexity index is 662. The van der Waals surface area contributed by atoms with Crippen molar-refractivity contribution < 1.29 is 4.74 Å². The summed E-state index contributed by atoms with van der Waals surface area (Å²) in [6, 6.07) is 17.7. The molecule has 0 saturated heterocycles. The van der Waals surface area contributed by atoms with Crippen LogP contribution in [0.25, 0.3) is 0 Å². The van der Waals surface area contributed by atoms with E-state index in [1.807, 2.05) is 0 Å². The summed E-state index contributed by atoms with van der Waals surface area (Å²) >= 11 is 0. The number of ether oxygens (including phenoxy) is 1. The molecule has 120 valence electrons. The number of anilines is 1.